The number of Topliss-reactive ketones (excluding diaryl/α,β-unsaturated/α-hetero) is 2. The normalized spacial score (nSPS) is 18.2. The molecule has 0 saturated heterocycles. The fraction of sp³-hybridized carbons (Fsp3) is 0.333. The van der Waals surface area contributed by atoms with Gasteiger partial charge in [0.1, 0.15) is 52.6 Å². The number of carbonyl (C=O) groups is 2. The molecule has 0 spiro atoms. The molecule has 0 radical (unpaired) electrons. The third-order valence-corrected chi connectivity index (χ3v) is 7.93. The molecule has 0 amide bonds. The third kappa shape index (κ3) is 6.20. The molecule has 6 rings (SSSR count). The highest BCUT2D eigenvalue weighted by atomic mass is 16.5. The topological polar surface area (TPSA) is 121 Å². The first-order chi connectivity index (χ1) is 21.3. The van der Waals surface area contributed by atoms with E-state index in [0.29, 0.717) is 51.9 Å². The predicted octanol–water partition coefficient (Wildman–Crippen LogP) is 6.82. The summed E-state index contributed by atoms with van der Waals surface area (Å²) in [5.41, 5.74) is 3.57. The van der Waals surface area contributed by atoms with Crippen molar-refractivity contribution in [1.82, 2.24) is 0 Å². The Morgan fingerprint density at radius 3 is 2.38 bits per heavy atom. The lowest BCUT2D eigenvalue weighted by atomic mass is 9.80. The van der Waals surface area contributed by atoms with Crippen molar-refractivity contribution >= 4 is 17.6 Å². The molecule has 3 aromatic carbocycles. The first-order valence-corrected chi connectivity index (χ1v) is 14.7. The van der Waals surface area contributed by atoms with Crippen LogP contribution in [0.3, 0.4) is 0 Å². The smallest absolute Gasteiger partial charge is 0.181 e. The Labute approximate surface area is 262 Å². The molecule has 2 atom stereocenters. The highest BCUT2D eigenvalue weighted by Gasteiger charge is 2.46. The summed E-state index contributed by atoms with van der Waals surface area (Å²) in [7, 11) is 3.07. The van der Waals surface area contributed by atoms with Crippen molar-refractivity contribution in [3.8, 4) is 40.2 Å². The molecule has 9 heteroatoms. The number of phenolic OH excluding ortho intramolecular Hbond substituents is 2. The van der Waals surface area contributed by atoms with E-state index in [4.69, 9.17) is 23.7 Å². The Morgan fingerprint density at radius 2 is 1.71 bits per heavy atom. The summed E-state index contributed by atoms with van der Waals surface area (Å²) in [6.45, 7) is 9.56. The van der Waals surface area contributed by atoms with Gasteiger partial charge in [-0.25, -0.2) is 0 Å². The van der Waals surface area contributed by atoms with E-state index in [2.05, 4.69) is 0 Å². The van der Waals surface area contributed by atoms with Crippen LogP contribution in [0.4, 0.5) is 0 Å². The van der Waals surface area contributed by atoms with Crippen LogP contribution in [0.5, 0.6) is 40.2 Å². The first kappa shape index (κ1) is 31.5. The van der Waals surface area contributed by atoms with Crippen LogP contribution in [0.15, 0.2) is 54.1 Å². The Kier molecular flexibility index (Phi) is 8.56. The molecule has 0 aliphatic carbocycles. The largest absolute Gasteiger partial charge is 0.508 e. The average molecular weight is 615 g/mol. The number of ketones is 2. The van der Waals surface area contributed by atoms with E-state index in [1.807, 2.05) is 45.9 Å². The van der Waals surface area contributed by atoms with E-state index in [1.54, 1.807) is 37.4 Å². The molecule has 0 saturated carbocycles. The van der Waals surface area contributed by atoms with E-state index in [9.17, 15) is 19.8 Å². The van der Waals surface area contributed by atoms with Crippen LogP contribution in [0.2, 0.25) is 0 Å². The third-order valence-electron chi connectivity index (χ3n) is 7.93. The maximum Gasteiger partial charge on any atom is 0.181 e. The van der Waals surface area contributed by atoms with Crippen LogP contribution >= 0.6 is 0 Å². The van der Waals surface area contributed by atoms with Crippen molar-refractivity contribution in [3.05, 3.63) is 81.9 Å². The van der Waals surface area contributed by atoms with Crippen LogP contribution in [-0.4, -0.2) is 54.3 Å². The number of ether oxygens (including phenoxy) is 5. The Hall–Kier alpha value is -4.92. The molecule has 0 fully saturated rings. The second-order valence-corrected chi connectivity index (χ2v) is 12.0. The lowest BCUT2D eigenvalue weighted by Gasteiger charge is -2.39. The van der Waals surface area contributed by atoms with E-state index in [0.717, 1.165) is 5.56 Å². The van der Waals surface area contributed by atoms with E-state index in [-0.39, 0.29) is 35.2 Å². The van der Waals surface area contributed by atoms with Crippen molar-refractivity contribution in [2.24, 2.45) is 0 Å². The highest BCUT2D eigenvalue weighted by Crippen LogP contribution is 2.52. The van der Waals surface area contributed by atoms with Gasteiger partial charge in [-0.15, -0.1) is 0 Å². The summed E-state index contributed by atoms with van der Waals surface area (Å²) < 4.78 is 28.8. The van der Waals surface area contributed by atoms with Crippen molar-refractivity contribution in [1.29, 1.82) is 0 Å². The lowest BCUT2D eigenvalue weighted by molar-refractivity contribution is 0.0547. The first-order valence-electron chi connectivity index (χ1n) is 14.7. The molecule has 9 nitrogen and oxygen atoms in total. The maximum absolute atomic E-state index is 13.6. The van der Waals surface area contributed by atoms with Gasteiger partial charge in [0.2, 0.25) is 0 Å². The van der Waals surface area contributed by atoms with E-state index < -0.39 is 17.6 Å². The van der Waals surface area contributed by atoms with Gasteiger partial charge in [0.25, 0.3) is 0 Å². The van der Waals surface area contributed by atoms with Crippen LogP contribution in [-0.2, 0) is 6.42 Å². The Morgan fingerprint density at radius 1 is 1.00 bits per heavy atom. The number of phenols is 2. The standard InChI is InChI=1S/C23H22O7.C13H16O2/c1-23(2)6-5-11-15(30-23)8-13(24)20-21(25)19-12-7-16(26-3)17(27-4)9-14(12)28-10-18(19)29-22(11)20;1-9(2)4-5-12-8-11(10(3)14)6-7-13(12)15/h5-9,18-19,24H,10H2,1-4H3;4,6-8,15H,5H2,1-3H3. The zero-order valence-electron chi connectivity index (χ0n) is 26.5. The van der Waals surface area contributed by atoms with Crippen molar-refractivity contribution in [2.75, 3.05) is 20.8 Å². The minimum Gasteiger partial charge on any atom is -0.508 e. The molecule has 0 bridgehead atoms. The molecular formula is C36H38O9. The molecule has 3 heterocycles. The van der Waals surface area contributed by atoms with E-state index in [1.165, 1.54) is 25.7 Å². The van der Waals surface area contributed by atoms with Crippen molar-refractivity contribution < 1.29 is 43.5 Å². The average Bonchev–Trinajstić information content (AvgIpc) is 2.99. The van der Waals surface area contributed by atoms with E-state index >= 15 is 0 Å². The van der Waals surface area contributed by atoms with Gasteiger partial charge in [-0.05, 0) is 83.0 Å². The summed E-state index contributed by atoms with van der Waals surface area (Å²) in [5.74, 6) is 1.61. The van der Waals surface area contributed by atoms with Gasteiger partial charge < -0.3 is 33.9 Å². The molecule has 3 aromatic rings. The van der Waals surface area contributed by atoms with Crippen LogP contribution in [0.25, 0.3) is 6.08 Å². The number of hydrogen-bond donors (Lipinski definition) is 2. The summed E-state index contributed by atoms with van der Waals surface area (Å²) in [6.07, 6.45) is 5.92. The van der Waals surface area contributed by atoms with Gasteiger partial charge in [-0.1, -0.05) is 11.6 Å². The quantitative estimate of drug-likeness (QED) is 0.236. The molecular weight excluding hydrogens is 576 g/mol. The van der Waals surface area contributed by atoms with Crippen LogP contribution in [0.1, 0.15) is 77.9 Å². The number of aromatic hydroxyl groups is 2. The van der Waals surface area contributed by atoms with Gasteiger partial charge >= 0.3 is 0 Å². The van der Waals surface area contributed by atoms with Crippen molar-refractivity contribution in [2.45, 2.75) is 58.7 Å². The second kappa shape index (κ2) is 12.2. The summed E-state index contributed by atoms with van der Waals surface area (Å²) >= 11 is 0. The molecule has 3 aliphatic rings. The lowest BCUT2D eigenvalue weighted by Crippen LogP contribution is -2.43. The molecule has 2 unspecified atom stereocenters. The number of rotatable bonds is 5. The van der Waals surface area contributed by atoms with Gasteiger partial charge in [-0.2, -0.15) is 0 Å². The fourth-order valence-corrected chi connectivity index (χ4v) is 5.55. The minimum absolute atomic E-state index is 0.0217. The number of fused-ring (bicyclic) bond motifs is 6. The summed E-state index contributed by atoms with van der Waals surface area (Å²) in [5, 5.41) is 20.3. The zero-order chi connectivity index (χ0) is 32.6. The number of carbonyl (C=O) groups excluding carboxylic acids is 2. The Balaban J connectivity index is 0.000000226. The minimum atomic E-state index is -0.630. The van der Waals surface area contributed by atoms with Gasteiger partial charge in [-0.3, -0.25) is 9.59 Å². The monoisotopic (exact) mass is 614 g/mol. The summed E-state index contributed by atoms with van der Waals surface area (Å²) in [4.78, 5) is 24.7. The number of hydrogen-bond acceptors (Lipinski definition) is 9. The zero-order valence-corrected chi connectivity index (χ0v) is 26.5. The fourth-order valence-electron chi connectivity index (χ4n) is 5.55. The molecule has 2 N–H and O–H groups in total. The van der Waals surface area contributed by atoms with Crippen molar-refractivity contribution in [3.63, 3.8) is 0 Å². The molecule has 236 valence electrons. The predicted molar refractivity (Wildman–Crippen MR) is 170 cm³/mol. The van der Waals surface area contributed by atoms with Gasteiger partial charge in [0, 0.05) is 23.3 Å². The van der Waals surface area contributed by atoms with Gasteiger partial charge in [0.05, 0.1) is 25.7 Å². The molecule has 0 aromatic heterocycles. The van der Waals surface area contributed by atoms with Crippen LogP contribution in [0, 0.1) is 0 Å². The second-order valence-electron chi connectivity index (χ2n) is 12.0. The number of benzene rings is 3. The van der Waals surface area contributed by atoms with Crippen LogP contribution < -0.4 is 23.7 Å². The number of allylic oxidation sites excluding steroid dienone is 2. The number of methoxy groups -OCH3 is 2. The molecule has 45 heavy (non-hydrogen) atoms. The molecule has 3 aliphatic heterocycles. The van der Waals surface area contributed by atoms with Gasteiger partial charge in [0.15, 0.2) is 23.1 Å². The Bertz CT molecular complexity index is 1730. The SMILES string of the molecule is CC(=O)c1ccc(O)c(CC=C(C)C)c1.COc1cc2c(cc1OC)C1C(=O)c3c(O)cc4c(c3OC1CO2)C=CC(C)(C)O4. The maximum atomic E-state index is 13.6. The highest BCUT2D eigenvalue weighted by molar-refractivity contribution is 6.08. The summed E-state index contributed by atoms with van der Waals surface area (Å²) in [6, 6.07) is 9.89.